The van der Waals surface area contributed by atoms with Gasteiger partial charge in [-0.05, 0) is 11.5 Å². The largest absolute Gasteiger partial charge is 0.458 e. The zero-order valence-corrected chi connectivity index (χ0v) is 14.8. The number of nitrogens with zero attached hydrogens (tertiary/aromatic N) is 1. The van der Waals surface area contributed by atoms with E-state index in [0.29, 0.717) is 12.5 Å². The lowest BCUT2D eigenvalue weighted by Crippen LogP contribution is -2.42. The van der Waals surface area contributed by atoms with Gasteiger partial charge in [0.1, 0.15) is 12.2 Å². The Morgan fingerprint density at radius 1 is 1.38 bits per heavy atom. The molecule has 21 heavy (non-hydrogen) atoms. The Bertz CT molecular complexity index is 466. The molecule has 0 saturated carbocycles. The van der Waals surface area contributed by atoms with Crippen molar-refractivity contribution in [3.63, 3.8) is 0 Å². The van der Waals surface area contributed by atoms with Gasteiger partial charge < -0.3 is 4.74 Å². The molecule has 0 N–H and O–H groups in total. The standard InChI is InChI=1S/C16H22INO3/c1-11(2)15-16(20-12(3)19)14(9-17)21-18(15)10-13-7-5-4-6-8-13/h4-8,11,14-16H,9-10H2,1-3H3/t14-,15-,16+/m0/s1. The summed E-state index contributed by atoms with van der Waals surface area (Å²) >= 11 is 2.28. The van der Waals surface area contributed by atoms with Crippen molar-refractivity contribution >= 4 is 28.6 Å². The lowest BCUT2D eigenvalue weighted by atomic mass is 9.96. The first-order valence-electron chi connectivity index (χ1n) is 7.23. The predicted molar refractivity (Wildman–Crippen MR) is 89.9 cm³/mol. The molecule has 0 radical (unpaired) electrons. The first kappa shape index (κ1) is 16.7. The van der Waals surface area contributed by atoms with E-state index in [1.807, 2.05) is 23.3 Å². The molecule has 4 nitrogen and oxygen atoms in total. The van der Waals surface area contributed by atoms with E-state index in [4.69, 9.17) is 9.57 Å². The molecule has 0 bridgehead atoms. The van der Waals surface area contributed by atoms with Crippen LogP contribution >= 0.6 is 22.6 Å². The molecule has 0 aliphatic carbocycles. The molecule has 0 unspecified atom stereocenters. The maximum absolute atomic E-state index is 11.4. The second kappa shape index (κ2) is 7.56. The summed E-state index contributed by atoms with van der Waals surface area (Å²) in [5, 5.41) is 1.98. The Kier molecular flexibility index (Phi) is 6.01. The summed E-state index contributed by atoms with van der Waals surface area (Å²) in [5.41, 5.74) is 1.19. The number of esters is 1. The topological polar surface area (TPSA) is 38.8 Å². The molecular weight excluding hydrogens is 381 g/mol. The Balaban J connectivity index is 2.18. The molecule has 0 spiro atoms. The maximum Gasteiger partial charge on any atom is 0.303 e. The fourth-order valence-electron chi connectivity index (χ4n) is 2.76. The Morgan fingerprint density at radius 2 is 2.05 bits per heavy atom. The fourth-order valence-corrected chi connectivity index (χ4v) is 3.42. The number of benzene rings is 1. The van der Waals surface area contributed by atoms with Crippen LogP contribution in [0.5, 0.6) is 0 Å². The number of carbonyl (C=O) groups is 1. The highest BCUT2D eigenvalue weighted by Crippen LogP contribution is 2.32. The van der Waals surface area contributed by atoms with Crippen LogP contribution in [0.25, 0.3) is 0 Å². The van der Waals surface area contributed by atoms with Gasteiger partial charge in [-0.1, -0.05) is 66.8 Å². The molecule has 1 aromatic carbocycles. The van der Waals surface area contributed by atoms with Crippen LogP contribution in [-0.4, -0.2) is 33.7 Å². The van der Waals surface area contributed by atoms with Crippen LogP contribution in [-0.2, 0) is 20.9 Å². The summed E-state index contributed by atoms with van der Waals surface area (Å²) in [7, 11) is 0. The molecule has 1 aliphatic rings. The van der Waals surface area contributed by atoms with Crippen LogP contribution in [0.15, 0.2) is 30.3 Å². The number of alkyl halides is 1. The van der Waals surface area contributed by atoms with Crippen molar-refractivity contribution in [1.29, 1.82) is 0 Å². The zero-order chi connectivity index (χ0) is 15.4. The Labute approximate surface area is 139 Å². The van der Waals surface area contributed by atoms with Crippen LogP contribution < -0.4 is 0 Å². The number of hydrogen-bond acceptors (Lipinski definition) is 4. The monoisotopic (exact) mass is 403 g/mol. The van der Waals surface area contributed by atoms with Gasteiger partial charge in [0.15, 0.2) is 0 Å². The molecule has 5 heteroatoms. The molecule has 1 saturated heterocycles. The van der Waals surface area contributed by atoms with Gasteiger partial charge in [-0.25, -0.2) is 0 Å². The van der Waals surface area contributed by atoms with Gasteiger partial charge in [0, 0.05) is 17.9 Å². The Morgan fingerprint density at radius 3 is 2.57 bits per heavy atom. The molecule has 2 rings (SSSR count). The van der Waals surface area contributed by atoms with Crippen molar-refractivity contribution in [2.45, 2.75) is 45.6 Å². The molecular formula is C16H22INO3. The minimum absolute atomic E-state index is 0.0777. The normalized spacial score (nSPS) is 26.2. The van der Waals surface area contributed by atoms with E-state index in [1.54, 1.807) is 0 Å². The van der Waals surface area contributed by atoms with Crippen LogP contribution in [0.2, 0.25) is 0 Å². The quantitative estimate of drug-likeness (QED) is 0.430. The molecule has 0 aromatic heterocycles. The van der Waals surface area contributed by atoms with Crippen LogP contribution in [0.4, 0.5) is 0 Å². The summed E-state index contributed by atoms with van der Waals surface area (Å²) in [4.78, 5) is 17.4. The molecule has 0 amide bonds. The van der Waals surface area contributed by atoms with E-state index in [0.717, 1.165) is 4.43 Å². The first-order chi connectivity index (χ1) is 10.0. The average Bonchev–Trinajstić information content (AvgIpc) is 2.76. The molecule has 3 atom stereocenters. The fraction of sp³-hybridized carbons (Fsp3) is 0.562. The number of rotatable bonds is 5. The van der Waals surface area contributed by atoms with E-state index in [-0.39, 0.29) is 24.2 Å². The third kappa shape index (κ3) is 4.17. The van der Waals surface area contributed by atoms with Crippen molar-refractivity contribution < 1.29 is 14.4 Å². The summed E-state index contributed by atoms with van der Waals surface area (Å²) < 4.78 is 6.34. The molecule has 1 fully saturated rings. The highest BCUT2D eigenvalue weighted by molar-refractivity contribution is 14.1. The van der Waals surface area contributed by atoms with Gasteiger partial charge in [0.05, 0.1) is 6.04 Å². The van der Waals surface area contributed by atoms with Crippen molar-refractivity contribution in [3.8, 4) is 0 Å². The molecule has 116 valence electrons. The van der Waals surface area contributed by atoms with Gasteiger partial charge in [-0.3, -0.25) is 9.63 Å². The summed E-state index contributed by atoms with van der Waals surface area (Å²) in [5.74, 6) is 0.0941. The number of ether oxygens (including phenoxy) is 1. The highest BCUT2D eigenvalue weighted by atomic mass is 127. The van der Waals surface area contributed by atoms with Crippen molar-refractivity contribution in [1.82, 2.24) is 5.06 Å². The van der Waals surface area contributed by atoms with Gasteiger partial charge in [0.2, 0.25) is 0 Å². The lowest BCUT2D eigenvalue weighted by Gasteiger charge is -2.28. The smallest absolute Gasteiger partial charge is 0.303 e. The van der Waals surface area contributed by atoms with E-state index in [9.17, 15) is 4.79 Å². The predicted octanol–water partition coefficient (Wildman–Crippen LogP) is 3.19. The van der Waals surface area contributed by atoms with E-state index in [2.05, 4.69) is 48.6 Å². The summed E-state index contributed by atoms with van der Waals surface area (Å²) in [6, 6.07) is 10.3. The van der Waals surface area contributed by atoms with Gasteiger partial charge in [-0.15, -0.1) is 0 Å². The number of hydroxylamine groups is 2. The van der Waals surface area contributed by atoms with Crippen LogP contribution in [0, 0.1) is 5.92 Å². The van der Waals surface area contributed by atoms with Crippen molar-refractivity contribution in [3.05, 3.63) is 35.9 Å². The lowest BCUT2D eigenvalue weighted by molar-refractivity contribution is -0.169. The minimum Gasteiger partial charge on any atom is -0.458 e. The summed E-state index contributed by atoms with van der Waals surface area (Å²) in [6.45, 7) is 6.44. The van der Waals surface area contributed by atoms with Crippen molar-refractivity contribution in [2.75, 3.05) is 4.43 Å². The van der Waals surface area contributed by atoms with Crippen LogP contribution in [0.1, 0.15) is 26.3 Å². The second-order valence-corrected chi connectivity index (χ2v) is 6.55. The summed E-state index contributed by atoms with van der Waals surface area (Å²) in [6.07, 6.45) is -0.284. The minimum atomic E-state index is -0.245. The van der Waals surface area contributed by atoms with Gasteiger partial charge in [-0.2, -0.15) is 5.06 Å². The van der Waals surface area contributed by atoms with E-state index in [1.165, 1.54) is 12.5 Å². The zero-order valence-electron chi connectivity index (χ0n) is 12.7. The first-order valence-corrected chi connectivity index (χ1v) is 8.76. The highest BCUT2D eigenvalue weighted by Gasteiger charge is 2.46. The third-order valence-electron chi connectivity index (χ3n) is 3.62. The Hall–Kier alpha value is -0.660. The SMILES string of the molecule is CC(=O)O[C@@H]1[C@H](CI)ON(Cc2ccccc2)[C@H]1C(C)C. The average molecular weight is 403 g/mol. The number of carbonyl (C=O) groups excluding carboxylic acids is 1. The van der Waals surface area contributed by atoms with Gasteiger partial charge in [0.25, 0.3) is 0 Å². The molecule has 1 aromatic rings. The van der Waals surface area contributed by atoms with Crippen LogP contribution in [0.3, 0.4) is 0 Å². The van der Waals surface area contributed by atoms with E-state index >= 15 is 0 Å². The number of hydrogen-bond donors (Lipinski definition) is 0. The van der Waals surface area contributed by atoms with Crippen molar-refractivity contribution in [2.24, 2.45) is 5.92 Å². The molecule has 1 aliphatic heterocycles. The van der Waals surface area contributed by atoms with E-state index < -0.39 is 0 Å². The second-order valence-electron chi connectivity index (χ2n) is 5.67. The third-order valence-corrected chi connectivity index (χ3v) is 4.49. The molecule has 1 heterocycles. The van der Waals surface area contributed by atoms with Gasteiger partial charge >= 0.3 is 5.97 Å². The maximum atomic E-state index is 11.4. The number of halogens is 1.